The summed E-state index contributed by atoms with van der Waals surface area (Å²) in [6.45, 7) is 0.528. The minimum absolute atomic E-state index is 0.243. The highest BCUT2D eigenvalue weighted by molar-refractivity contribution is 6.30. The minimum atomic E-state index is -0.243. The number of carbonyl (C=O) groups excluding carboxylic acids is 1. The topological polar surface area (TPSA) is 50.4 Å². The molecule has 0 heterocycles. The average molecular weight is 305 g/mol. The first-order valence-electron chi connectivity index (χ1n) is 6.61. The number of amides is 2. The van der Waals surface area contributed by atoms with Crippen molar-refractivity contribution in [3.05, 3.63) is 59.1 Å². The molecule has 0 spiro atoms. The number of carbonyl (C=O) groups is 1. The molecule has 0 bridgehead atoms. The van der Waals surface area contributed by atoms with E-state index in [2.05, 4.69) is 10.6 Å². The van der Waals surface area contributed by atoms with E-state index in [0.717, 1.165) is 11.3 Å². The first-order chi connectivity index (χ1) is 10.2. The van der Waals surface area contributed by atoms with E-state index in [0.29, 0.717) is 23.7 Å². The Balaban J connectivity index is 1.80. The number of para-hydroxylation sites is 1. The largest absolute Gasteiger partial charge is 0.496 e. The van der Waals surface area contributed by atoms with Crippen LogP contribution in [0, 0.1) is 0 Å². The molecule has 21 heavy (non-hydrogen) atoms. The number of methoxy groups -OCH3 is 1. The Morgan fingerprint density at radius 1 is 1.14 bits per heavy atom. The van der Waals surface area contributed by atoms with Crippen LogP contribution in [0.1, 0.15) is 5.56 Å². The fourth-order valence-electron chi connectivity index (χ4n) is 1.93. The van der Waals surface area contributed by atoms with E-state index in [-0.39, 0.29) is 6.03 Å². The number of urea groups is 1. The Morgan fingerprint density at radius 3 is 2.57 bits per heavy atom. The Kier molecular flexibility index (Phi) is 5.46. The summed E-state index contributed by atoms with van der Waals surface area (Å²) in [4.78, 5) is 11.8. The van der Waals surface area contributed by atoms with Gasteiger partial charge in [-0.25, -0.2) is 4.79 Å². The normalized spacial score (nSPS) is 10.0. The lowest BCUT2D eigenvalue weighted by Crippen LogP contribution is -2.30. The molecule has 2 N–H and O–H groups in total. The molecule has 2 amide bonds. The van der Waals surface area contributed by atoms with Crippen LogP contribution in [0.3, 0.4) is 0 Å². The molecule has 5 heteroatoms. The van der Waals surface area contributed by atoms with Crippen LogP contribution in [0.15, 0.2) is 48.5 Å². The molecule has 0 unspecified atom stereocenters. The van der Waals surface area contributed by atoms with Crippen molar-refractivity contribution in [1.29, 1.82) is 0 Å². The number of hydrogen-bond donors (Lipinski definition) is 2. The van der Waals surface area contributed by atoms with E-state index in [4.69, 9.17) is 16.3 Å². The summed E-state index contributed by atoms with van der Waals surface area (Å²) >= 11 is 5.79. The van der Waals surface area contributed by atoms with Crippen LogP contribution < -0.4 is 15.4 Å². The molecule has 110 valence electrons. The third kappa shape index (κ3) is 4.68. The Labute approximate surface area is 129 Å². The SMILES string of the molecule is COc1ccccc1CCNC(=O)Nc1ccc(Cl)cc1. The van der Waals surface area contributed by atoms with Gasteiger partial charge in [0.1, 0.15) is 5.75 Å². The molecule has 0 aliphatic heterocycles. The Hall–Kier alpha value is -2.20. The fourth-order valence-corrected chi connectivity index (χ4v) is 2.05. The predicted octanol–water partition coefficient (Wildman–Crippen LogP) is 3.71. The summed E-state index contributed by atoms with van der Waals surface area (Å²) < 4.78 is 5.27. The summed E-state index contributed by atoms with van der Waals surface area (Å²) in [6, 6.07) is 14.5. The maximum absolute atomic E-state index is 11.8. The second-order valence-electron chi connectivity index (χ2n) is 4.45. The van der Waals surface area contributed by atoms with Crippen LogP contribution in [0.5, 0.6) is 5.75 Å². The molecule has 0 aliphatic rings. The first-order valence-corrected chi connectivity index (χ1v) is 6.99. The van der Waals surface area contributed by atoms with Crippen LogP contribution in [-0.2, 0) is 6.42 Å². The molecule has 0 fully saturated rings. The Morgan fingerprint density at radius 2 is 1.86 bits per heavy atom. The van der Waals surface area contributed by atoms with E-state index in [9.17, 15) is 4.79 Å². The van der Waals surface area contributed by atoms with Crippen molar-refractivity contribution in [3.8, 4) is 5.75 Å². The molecule has 2 aromatic carbocycles. The van der Waals surface area contributed by atoms with E-state index in [1.807, 2.05) is 24.3 Å². The van der Waals surface area contributed by atoms with Gasteiger partial charge in [-0.3, -0.25) is 0 Å². The standard InChI is InChI=1S/C16H17ClN2O2/c1-21-15-5-3-2-4-12(15)10-11-18-16(20)19-14-8-6-13(17)7-9-14/h2-9H,10-11H2,1H3,(H2,18,19,20). The first kappa shape index (κ1) is 15.2. The lowest BCUT2D eigenvalue weighted by Gasteiger charge is -2.10. The van der Waals surface area contributed by atoms with Crippen molar-refractivity contribution < 1.29 is 9.53 Å². The van der Waals surface area contributed by atoms with Gasteiger partial charge in [-0.05, 0) is 42.3 Å². The van der Waals surface area contributed by atoms with Crippen molar-refractivity contribution in [2.24, 2.45) is 0 Å². The van der Waals surface area contributed by atoms with Gasteiger partial charge >= 0.3 is 6.03 Å². The van der Waals surface area contributed by atoms with Gasteiger partial charge in [-0.2, -0.15) is 0 Å². The van der Waals surface area contributed by atoms with Gasteiger partial charge in [-0.1, -0.05) is 29.8 Å². The highest BCUT2D eigenvalue weighted by Crippen LogP contribution is 2.17. The van der Waals surface area contributed by atoms with E-state index in [1.54, 1.807) is 31.4 Å². The molecule has 2 rings (SSSR count). The molecular weight excluding hydrogens is 288 g/mol. The van der Waals surface area contributed by atoms with Crippen LogP contribution in [0.2, 0.25) is 5.02 Å². The zero-order valence-electron chi connectivity index (χ0n) is 11.7. The number of hydrogen-bond acceptors (Lipinski definition) is 2. The van der Waals surface area contributed by atoms with Gasteiger partial charge < -0.3 is 15.4 Å². The van der Waals surface area contributed by atoms with E-state index in [1.165, 1.54) is 0 Å². The fraction of sp³-hybridized carbons (Fsp3) is 0.188. The smallest absolute Gasteiger partial charge is 0.319 e. The molecule has 0 aliphatic carbocycles. The van der Waals surface area contributed by atoms with Crippen LogP contribution in [-0.4, -0.2) is 19.7 Å². The summed E-state index contributed by atoms with van der Waals surface area (Å²) in [5.41, 5.74) is 1.76. The molecule has 2 aromatic rings. The van der Waals surface area contributed by atoms with E-state index < -0.39 is 0 Å². The molecule has 0 atom stereocenters. The predicted molar refractivity (Wildman–Crippen MR) is 85.2 cm³/mol. The van der Waals surface area contributed by atoms with Gasteiger partial charge in [0.2, 0.25) is 0 Å². The molecular formula is C16H17ClN2O2. The third-order valence-electron chi connectivity index (χ3n) is 2.97. The van der Waals surface area contributed by atoms with Crippen LogP contribution in [0.4, 0.5) is 10.5 Å². The second-order valence-corrected chi connectivity index (χ2v) is 4.89. The number of nitrogens with one attached hydrogen (secondary N) is 2. The number of anilines is 1. The maximum Gasteiger partial charge on any atom is 0.319 e. The summed E-state index contributed by atoms with van der Waals surface area (Å²) in [5.74, 6) is 0.831. The summed E-state index contributed by atoms with van der Waals surface area (Å²) in [6.07, 6.45) is 0.706. The minimum Gasteiger partial charge on any atom is -0.496 e. The molecule has 4 nitrogen and oxygen atoms in total. The zero-order chi connectivity index (χ0) is 15.1. The molecule has 0 aromatic heterocycles. The van der Waals surface area contributed by atoms with Crippen molar-refractivity contribution in [2.45, 2.75) is 6.42 Å². The highest BCUT2D eigenvalue weighted by Gasteiger charge is 2.04. The van der Waals surface area contributed by atoms with Gasteiger partial charge in [0, 0.05) is 17.3 Å². The number of rotatable bonds is 5. The van der Waals surface area contributed by atoms with Gasteiger partial charge in [0.05, 0.1) is 7.11 Å². The number of ether oxygens (including phenoxy) is 1. The summed E-state index contributed by atoms with van der Waals surface area (Å²) in [7, 11) is 1.64. The lowest BCUT2D eigenvalue weighted by molar-refractivity contribution is 0.252. The second kappa shape index (κ2) is 7.55. The van der Waals surface area contributed by atoms with Crippen LogP contribution in [0.25, 0.3) is 0 Å². The number of benzene rings is 2. The van der Waals surface area contributed by atoms with Gasteiger partial charge in [0.25, 0.3) is 0 Å². The quantitative estimate of drug-likeness (QED) is 0.884. The van der Waals surface area contributed by atoms with Crippen molar-refractivity contribution >= 4 is 23.3 Å². The van der Waals surface area contributed by atoms with Crippen LogP contribution >= 0.6 is 11.6 Å². The lowest BCUT2D eigenvalue weighted by atomic mass is 10.1. The molecule has 0 saturated carbocycles. The molecule has 0 radical (unpaired) electrons. The third-order valence-corrected chi connectivity index (χ3v) is 3.23. The maximum atomic E-state index is 11.8. The van der Waals surface area contributed by atoms with Gasteiger partial charge in [-0.15, -0.1) is 0 Å². The van der Waals surface area contributed by atoms with Gasteiger partial charge in [0.15, 0.2) is 0 Å². The average Bonchev–Trinajstić information content (AvgIpc) is 2.50. The summed E-state index contributed by atoms with van der Waals surface area (Å²) in [5, 5.41) is 6.19. The molecule has 0 saturated heterocycles. The monoisotopic (exact) mass is 304 g/mol. The van der Waals surface area contributed by atoms with Crippen molar-refractivity contribution in [1.82, 2.24) is 5.32 Å². The zero-order valence-corrected chi connectivity index (χ0v) is 12.5. The van der Waals surface area contributed by atoms with Crippen molar-refractivity contribution in [3.63, 3.8) is 0 Å². The van der Waals surface area contributed by atoms with E-state index >= 15 is 0 Å². The Bertz CT molecular complexity index is 599. The highest BCUT2D eigenvalue weighted by atomic mass is 35.5. The number of halogens is 1. The van der Waals surface area contributed by atoms with Crippen molar-refractivity contribution in [2.75, 3.05) is 19.0 Å².